The van der Waals surface area contributed by atoms with Crippen LogP contribution in [0.15, 0.2) is 18.2 Å². The van der Waals surface area contributed by atoms with E-state index in [1.807, 2.05) is 0 Å². The zero-order valence-electron chi connectivity index (χ0n) is 9.83. The lowest BCUT2D eigenvalue weighted by atomic mass is 9.86. The molecule has 0 bridgehead atoms. The molecule has 0 spiro atoms. The molecule has 2 heteroatoms. The lowest BCUT2D eigenvalue weighted by Gasteiger charge is -2.17. The van der Waals surface area contributed by atoms with Gasteiger partial charge < -0.3 is 9.47 Å². The van der Waals surface area contributed by atoms with Crippen LogP contribution in [0.1, 0.15) is 38.0 Å². The average Bonchev–Trinajstić information content (AvgIpc) is 2.53. The monoisotopic (exact) mass is 206 g/mol. The Morgan fingerprint density at radius 1 is 1.40 bits per heavy atom. The van der Waals surface area contributed by atoms with Gasteiger partial charge in [-0.2, -0.15) is 0 Å². The van der Waals surface area contributed by atoms with Crippen molar-refractivity contribution >= 4 is 0 Å². The van der Waals surface area contributed by atoms with Gasteiger partial charge in [0.2, 0.25) is 0 Å². The van der Waals surface area contributed by atoms with Crippen LogP contribution in [-0.2, 0) is 10.2 Å². The first-order valence-electron chi connectivity index (χ1n) is 5.34. The van der Waals surface area contributed by atoms with Crippen LogP contribution in [0, 0.1) is 0 Å². The topological polar surface area (TPSA) is 18.5 Å². The Morgan fingerprint density at radius 3 is 2.80 bits per heavy atom. The second kappa shape index (κ2) is 3.53. The molecule has 1 unspecified atom stereocenters. The van der Waals surface area contributed by atoms with Crippen molar-refractivity contribution in [3.63, 3.8) is 0 Å². The predicted octanol–water partition coefficient (Wildman–Crippen LogP) is 3.06. The lowest BCUT2D eigenvalue weighted by molar-refractivity contribution is 0.119. The van der Waals surface area contributed by atoms with E-state index in [0.717, 1.165) is 12.4 Å². The smallest absolute Gasteiger partial charge is 0.123 e. The summed E-state index contributed by atoms with van der Waals surface area (Å²) in [6.45, 7) is 7.25. The fourth-order valence-corrected chi connectivity index (χ4v) is 1.93. The summed E-state index contributed by atoms with van der Waals surface area (Å²) in [4.78, 5) is 0. The average molecular weight is 206 g/mol. The summed E-state index contributed by atoms with van der Waals surface area (Å²) in [6.07, 6.45) is 0.145. The molecule has 0 radical (unpaired) electrons. The number of hydrogen-bond donors (Lipinski definition) is 0. The highest BCUT2D eigenvalue weighted by atomic mass is 16.5. The first-order chi connectivity index (χ1) is 7.04. The minimum Gasteiger partial charge on any atom is -0.492 e. The van der Waals surface area contributed by atoms with Crippen molar-refractivity contribution in [2.75, 3.05) is 13.7 Å². The molecule has 2 rings (SSSR count). The zero-order chi connectivity index (χ0) is 11.1. The molecule has 1 aliphatic heterocycles. The van der Waals surface area contributed by atoms with Gasteiger partial charge in [-0.15, -0.1) is 0 Å². The molecule has 0 N–H and O–H groups in total. The summed E-state index contributed by atoms with van der Waals surface area (Å²) in [5, 5.41) is 0. The molecule has 15 heavy (non-hydrogen) atoms. The van der Waals surface area contributed by atoms with Crippen LogP contribution in [0.25, 0.3) is 0 Å². The van der Waals surface area contributed by atoms with E-state index in [1.165, 1.54) is 11.1 Å². The minimum atomic E-state index is 0.124. The quantitative estimate of drug-likeness (QED) is 0.740. The third kappa shape index (κ3) is 1.74. The lowest BCUT2D eigenvalue weighted by Crippen LogP contribution is -2.18. The molecule has 0 saturated heterocycles. The summed E-state index contributed by atoms with van der Waals surface area (Å²) in [5.41, 5.74) is 2.64. The molecule has 0 aromatic heterocycles. The Bertz CT molecular complexity index is 369. The van der Waals surface area contributed by atoms with Gasteiger partial charge in [0.25, 0.3) is 0 Å². The highest BCUT2D eigenvalue weighted by molar-refractivity contribution is 5.45. The summed E-state index contributed by atoms with van der Waals surface area (Å²) < 4.78 is 11.0. The van der Waals surface area contributed by atoms with E-state index in [1.54, 1.807) is 7.11 Å². The number of rotatable bonds is 2. The molecule has 0 fully saturated rings. The fourth-order valence-electron chi connectivity index (χ4n) is 1.93. The van der Waals surface area contributed by atoms with Gasteiger partial charge in [0.05, 0.1) is 12.7 Å². The SMILES string of the molecule is COC(C)c1ccc2c(c1)C(C)(C)CO2. The van der Waals surface area contributed by atoms with Gasteiger partial charge in [0.1, 0.15) is 5.75 Å². The molecule has 1 atom stereocenters. The first kappa shape index (κ1) is 10.5. The molecule has 1 aromatic carbocycles. The van der Waals surface area contributed by atoms with Gasteiger partial charge in [0.15, 0.2) is 0 Å². The van der Waals surface area contributed by atoms with Crippen molar-refractivity contribution < 1.29 is 9.47 Å². The maximum atomic E-state index is 5.64. The van der Waals surface area contributed by atoms with Crippen molar-refractivity contribution in [1.82, 2.24) is 0 Å². The highest BCUT2D eigenvalue weighted by Gasteiger charge is 2.32. The van der Waals surface area contributed by atoms with Crippen molar-refractivity contribution in [3.8, 4) is 5.75 Å². The van der Waals surface area contributed by atoms with Crippen LogP contribution in [-0.4, -0.2) is 13.7 Å². The van der Waals surface area contributed by atoms with E-state index in [-0.39, 0.29) is 11.5 Å². The molecule has 0 saturated carbocycles. The Morgan fingerprint density at radius 2 is 2.13 bits per heavy atom. The Balaban J connectivity index is 2.41. The van der Waals surface area contributed by atoms with E-state index < -0.39 is 0 Å². The van der Waals surface area contributed by atoms with Crippen molar-refractivity contribution in [3.05, 3.63) is 29.3 Å². The fraction of sp³-hybridized carbons (Fsp3) is 0.538. The van der Waals surface area contributed by atoms with Gasteiger partial charge in [-0.1, -0.05) is 19.9 Å². The van der Waals surface area contributed by atoms with E-state index >= 15 is 0 Å². The summed E-state index contributed by atoms with van der Waals surface area (Å²) >= 11 is 0. The predicted molar refractivity (Wildman–Crippen MR) is 60.4 cm³/mol. The van der Waals surface area contributed by atoms with Crippen LogP contribution < -0.4 is 4.74 Å². The summed E-state index contributed by atoms with van der Waals surface area (Å²) in [6, 6.07) is 6.33. The molecule has 82 valence electrons. The van der Waals surface area contributed by atoms with Gasteiger partial charge in [-0.05, 0) is 24.6 Å². The molecule has 0 aliphatic carbocycles. The number of benzene rings is 1. The molecular formula is C13H18O2. The van der Waals surface area contributed by atoms with Gasteiger partial charge in [-0.3, -0.25) is 0 Å². The first-order valence-corrected chi connectivity index (χ1v) is 5.34. The van der Waals surface area contributed by atoms with Crippen LogP contribution >= 0.6 is 0 Å². The van der Waals surface area contributed by atoms with E-state index in [0.29, 0.717) is 0 Å². The summed E-state index contributed by atoms with van der Waals surface area (Å²) in [5.74, 6) is 1.02. The minimum absolute atomic E-state index is 0.124. The van der Waals surface area contributed by atoms with Crippen molar-refractivity contribution in [2.24, 2.45) is 0 Å². The number of methoxy groups -OCH3 is 1. The van der Waals surface area contributed by atoms with E-state index in [2.05, 4.69) is 39.0 Å². The third-order valence-corrected chi connectivity index (χ3v) is 3.14. The van der Waals surface area contributed by atoms with E-state index in [9.17, 15) is 0 Å². The largest absolute Gasteiger partial charge is 0.492 e. The van der Waals surface area contributed by atoms with Crippen LogP contribution in [0.5, 0.6) is 5.75 Å². The Kier molecular flexibility index (Phi) is 2.47. The molecule has 1 heterocycles. The van der Waals surface area contributed by atoms with Crippen LogP contribution in [0.3, 0.4) is 0 Å². The Labute approximate surface area is 91.2 Å². The summed E-state index contributed by atoms with van der Waals surface area (Å²) in [7, 11) is 1.74. The van der Waals surface area contributed by atoms with Gasteiger partial charge in [-0.25, -0.2) is 0 Å². The number of hydrogen-bond acceptors (Lipinski definition) is 2. The maximum Gasteiger partial charge on any atom is 0.123 e. The maximum absolute atomic E-state index is 5.64. The molecule has 1 aromatic rings. The molecule has 1 aliphatic rings. The highest BCUT2D eigenvalue weighted by Crippen LogP contribution is 2.39. The van der Waals surface area contributed by atoms with Crippen molar-refractivity contribution in [1.29, 1.82) is 0 Å². The number of fused-ring (bicyclic) bond motifs is 1. The molecular weight excluding hydrogens is 188 g/mol. The number of ether oxygens (including phenoxy) is 2. The second-order valence-electron chi connectivity index (χ2n) is 4.81. The Hall–Kier alpha value is -1.02. The normalized spacial score (nSPS) is 19.5. The van der Waals surface area contributed by atoms with E-state index in [4.69, 9.17) is 9.47 Å². The van der Waals surface area contributed by atoms with Gasteiger partial charge in [0, 0.05) is 18.1 Å². The second-order valence-corrected chi connectivity index (χ2v) is 4.81. The standard InChI is InChI=1S/C13H18O2/c1-9(14-4)10-5-6-12-11(7-10)13(2,3)8-15-12/h5-7,9H,8H2,1-4H3. The molecule has 2 nitrogen and oxygen atoms in total. The zero-order valence-corrected chi connectivity index (χ0v) is 9.83. The molecule has 0 amide bonds. The van der Waals surface area contributed by atoms with Crippen LogP contribution in [0.2, 0.25) is 0 Å². The van der Waals surface area contributed by atoms with Crippen LogP contribution in [0.4, 0.5) is 0 Å². The third-order valence-electron chi connectivity index (χ3n) is 3.14. The van der Waals surface area contributed by atoms with Gasteiger partial charge >= 0.3 is 0 Å². The van der Waals surface area contributed by atoms with Crippen molar-refractivity contribution in [2.45, 2.75) is 32.3 Å².